The maximum atomic E-state index is 12.4. The number of nitrogens with one attached hydrogen (secondary N) is 1. The Bertz CT molecular complexity index is 1390. The number of carbonyl (C=O) groups is 1. The van der Waals surface area contributed by atoms with Gasteiger partial charge in [0.2, 0.25) is 0 Å². The monoisotopic (exact) mass is 627 g/mol. The lowest BCUT2D eigenvalue weighted by molar-refractivity contribution is 0.0185. The molecular weight excluding hydrogens is 589 g/mol. The molecule has 0 radical (unpaired) electrons. The van der Waals surface area contributed by atoms with Crippen LogP contribution in [0.5, 0.6) is 11.5 Å². The van der Waals surface area contributed by atoms with Crippen molar-refractivity contribution in [3.05, 3.63) is 70.4 Å². The van der Waals surface area contributed by atoms with Crippen molar-refractivity contribution in [1.82, 2.24) is 15.1 Å². The molecule has 43 heavy (non-hydrogen) atoms. The summed E-state index contributed by atoms with van der Waals surface area (Å²) >= 11 is 12.2. The van der Waals surface area contributed by atoms with Gasteiger partial charge in [0, 0.05) is 37.8 Å². The molecule has 9 nitrogen and oxygen atoms in total. The zero-order valence-electron chi connectivity index (χ0n) is 25.3. The fourth-order valence-electron chi connectivity index (χ4n) is 4.81. The quantitative estimate of drug-likeness (QED) is 0.362. The van der Waals surface area contributed by atoms with E-state index < -0.39 is 11.0 Å². The molecule has 1 amide bonds. The number of halogens is 2. The average Bonchev–Trinajstić information content (AvgIpc) is 2.98. The number of aliphatic imine (C=N–C) groups is 1. The van der Waals surface area contributed by atoms with Gasteiger partial charge in [-0.25, -0.2) is 9.79 Å². The van der Waals surface area contributed by atoms with Crippen molar-refractivity contribution in [3.8, 4) is 17.6 Å². The third-order valence-electron chi connectivity index (χ3n) is 7.28. The number of rotatable bonds is 8. The summed E-state index contributed by atoms with van der Waals surface area (Å²) in [6.45, 7) is 12.9. The Morgan fingerprint density at radius 3 is 2.40 bits per heavy atom. The standard InChI is InChI=1S/C32H39Cl2N5O4/c1-31(2,3)43-30(40)39-15-13-38(14-16-39)29-36-12-10-25(37-29)21-42-26-8-6-23(7-9-26)32(4,5)24-18-22(20-35)28(27(34)19-24)41-17-11-33/h6-10,12,18-19,25H,11,13-17,21H2,1-5H3,(H,36,37). The van der Waals surface area contributed by atoms with Crippen molar-refractivity contribution < 1.29 is 19.0 Å². The smallest absolute Gasteiger partial charge is 0.410 e. The van der Waals surface area contributed by atoms with Crippen molar-refractivity contribution in [1.29, 1.82) is 5.26 Å². The summed E-state index contributed by atoms with van der Waals surface area (Å²) in [7, 11) is 0. The Kier molecular flexibility index (Phi) is 10.4. The summed E-state index contributed by atoms with van der Waals surface area (Å²) in [5.74, 6) is 2.17. The van der Waals surface area contributed by atoms with Crippen LogP contribution < -0.4 is 14.8 Å². The van der Waals surface area contributed by atoms with Gasteiger partial charge in [-0.3, -0.25) is 0 Å². The molecule has 2 aliphatic heterocycles. The molecule has 1 unspecified atom stereocenters. The van der Waals surface area contributed by atoms with Crippen LogP contribution in [0.4, 0.5) is 4.79 Å². The van der Waals surface area contributed by atoms with Crippen LogP contribution in [0, 0.1) is 11.3 Å². The van der Waals surface area contributed by atoms with E-state index in [1.807, 2.05) is 63.2 Å². The maximum Gasteiger partial charge on any atom is 0.410 e. The van der Waals surface area contributed by atoms with Gasteiger partial charge in [0.05, 0.1) is 22.5 Å². The van der Waals surface area contributed by atoms with Crippen molar-refractivity contribution in [2.75, 3.05) is 45.3 Å². The van der Waals surface area contributed by atoms with E-state index in [2.05, 4.69) is 35.1 Å². The molecule has 2 aromatic rings. The number of hydrogen-bond donors (Lipinski definition) is 1. The summed E-state index contributed by atoms with van der Waals surface area (Å²) in [5.41, 5.74) is 1.38. The number of guanidine groups is 1. The number of amides is 1. The minimum atomic E-state index is -0.513. The first kappa shape index (κ1) is 32.3. The van der Waals surface area contributed by atoms with Gasteiger partial charge in [0.1, 0.15) is 30.6 Å². The molecule has 0 spiro atoms. The molecular formula is C32H39Cl2N5O4. The van der Waals surface area contributed by atoms with Gasteiger partial charge in [0.15, 0.2) is 11.7 Å². The third kappa shape index (κ3) is 8.27. The van der Waals surface area contributed by atoms with E-state index in [4.69, 9.17) is 37.4 Å². The summed E-state index contributed by atoms with van der Waals surface area (Å²) in [4.78, 5) is 20.8. The number of nitriles is 1. The van der Waals surface area contributed by atoms with E-state index in [0.29, 0.717) is 55.0 Å². The lowest BCUT2D eigenvalue weighted by Gasteiger charge is -2.38. The zero-order valence-corrected chi connectivity index (χ0v) is 26.8. The van der Waals surface area contributed by atoms with Gasteiger partial charge in [-0.1, -0.05) is 37.6 Å². The highest BCUT2D eigenvalue weighted by molar-refractivity contribution is 6.32. The van der Waals surface area contributed by atoms with Crippen molar-refractivity contribution >= 4 is 35.3 Å². The van der Waals surface area contributed by atoms with E-state index in [1.165, 1.54) is 0 Å². The Hall–Kier alpha value is -3.61. The predicted molar refractivity (Wildman–Crippen MR) is 169 cm³/mol. The topological polar surface area (TPSA) is 99.4 Å². The Morgan fingerprint density at radius 1 is 1.07 bits per heavy atom. The largest absolute Gasteiger partial charge is 0.491 e. The lowest BCUT2D eigenvalue weighted by Crippen LogP contribution is -2.56. The first-order valence-electron chi connectivity index (χ1n) is 14.3. The molecule has 4 rings (SSSR count). The van der Waals surface area contributed by atoms with E-state index in [-0.39, 0.29) is 18.7 Å². The molecule has 1 atom stereocenters. The van der Waals surface area contributed by atoms with Crippen molar-refractivity contribution in [2.24, 2.45) is 4.99 Å². The highest BCUT2D eigenvalue weighted by atomic mass is 35.5. The van der Waals surface area contributed by atoms with Crippen LogP contribution in [0.1, 0.15) is 51.3 Å². The SMILES string of the molecule is CC(C)(C)OC(=O)N1CCN(C2=NC=CC(COc3ccc(C(C)(C)c4cc(Cl)c(OCCCl)c(C#N)c4)cc3)N2)CC1. The Morgan fingerprint density at radius 2 is 1.77 bits per heavy atom. The molecule has 0 aliphatic carbocycles. The molecule has 0 aromatic heterocycles. The first-order valence-corrected chi connectivity index (χ1v) is 15.2. The molecule has 1 fully saturated rings. The molecule has 230 valence electrons. The Labute approximate surface area is 264 Å². The highest BCUT2D eigenvalue weighted by Gasteiger charge is 2.29. The fraction of sp³-hybridized carbons (Fsp3) is 0.469. The van der Waals surface area contributed by atoms with Crippen molar-refractivity contribution in [2.45, 2.75) is 51.7 Å². The van der Waals surface area contributed by atoms with Crippen LogP contribution in [-0.4, -0.2) is 78.8 Å². The minimum absolute atomic E-state index is 0.0569. The number of carbonyl (C=O) groups excluding carboxylic acids is 1. The van der Waals surface area contributed by atoms with E-state index in [9.17, 15) is 10.1 Å². The van der Waals surface area contributed by atoms with Gasteiger partial charge in [-0.2, -0.15) is 5.26 Å². The van der Waals surface area contributed by atoms with Crippen LogP contribution >= 0.6 is 23.2 Å². The van der Waals surface area contributed by atoms with Crippen LogP contribution in [0.25, 0.3) is 0 Å². The molecule has 2 heterocycles. The normalized spacial score (nSPS) is 17.1. The van der Waals surface area contributed by atoms with Gasteiger partial charge in [-0.05, 0) is 62.2 Å². The second-order valence-corrected chi connectivity index (χ2v) is 12.7. The summed E-state index contributed by atoms with van der Waals surface area (Å²) in [5, 5.41) is 13.5. The van der Waals surface area contributed by atoms with Crippen LogP contribution in [0.3, 0.4) is 0 Å². The summed E-state index contributed by atoms with van der Waals surface area (Å²) in [6, 6.07) is 13.7. The molecule has 2 aromatic carbocycles. The van der Waals surface area contributed by atoms with Gasteiger partial charge in [0.25, 0.3) is 0 Å². The van der Waals surface area contributed by atoms with Crippen molar-refractivity contribution in [3.63, 3.8) is 0 Å². The minimum Gasteiger partial charge on any atom is -0.491 e. The molecule has 11 heteroatoms. The predicted octanol–water partition coefficient (Wildman–Crippen LogP) is 5.93. The van der Waals surface area contributed by atoms with Crippen LogP contribution in [0.2, 0.25) is 5.02 Å². The highest BCUT2D eigenvalue weighted by Crippen LogP contribution is 2.38. The third-order valence-corrected chi connectivity index (χ3v) is 7.71. The number of ether oxygens (including phenoxy) is 3. The number of hydrogen-bond acceptors (Lipinski definition) is 8. The number of piperazine rings is 1. The average molecular weight is 629 g/mol. The summed E-state index contributed by atoms with van der Waals surface area (Å²) < 4.78 is 17.2. The van der Waals surface area contributed by atoms with Crippen LogP contribution in [0.15, 0.2) is 53.7 Å². The number of nitrogens with zero attached hydrogens (tertiary/aromatic N) is 4. The second kappa shape index (κ2) is 13.8. The van der Waals surface area contributed by atoms with Crippen LogP contribution in [-0.2, 0) is 10.2 Å². The van der Waals surface area contributed by atoms with Gasteiger partial charge in [-0.15, -0.1) is 11.6 Å². The second-order valence-electron chi connectivity index (χ2n) is 11.9. The maximum absolute atomic E-state index is 12.4. The molecule has 1 saturated heterocycles. The molecule has 0 saturated carbocycles. The number of benzene rings is 2. The van der Waals surface area contributed by atoms with E-state index >= 15 is 0 Å². The lowest BCUT2D eigenvalue weighted by atomic mass is 9.77. The summed E-state index contributed by atoms with van der Waals surface area (Å²) in [6.07, 6.45) is 3.47. The van der Waals surface area contributed by atoms with Gasteiger partial charge >= 0.3 is 6.09 Å². The molecule has 1 N–H and O–H groups in total. The van der Waals surface area contributed by atoms with Gasteiger partial charge < -0.3 is 29.3 Å². The number of alkyl halides is 1. The van der Waals surface area contributed by atoms with E-state index in [1.54, 1.807) is 11.1 Å². The molecule has 2 aliphatic rings. The first-order chi connectivity index (χ1) is 20.4. The Balaban J connectivity index is 1.32. The fourth-order valence-corrected chi connectivity index (χ4v) is 5.16. The van der Waals surface area contributed by atoms with E-state index in [0.717, 1.165) is 22.8 Å². The molecule has 0 bridgehead atoms. The zero-order chi connectivity index (χ0) is 31.2.